The number of ether oxygens (including phenoxy) is 1. The lowest BCUT2D eigenvalue weighted by atomic mass is 9.98. The van der Waals surface area contributed by atoms with Crippen molar-refractivity contribution in [3.63, 3.8) is 0 Å². The molecule has 0 aliphatic rings. The molecule has 0 aliphatic carbocycles. The van der Waals surface area contributed by atoms with Crippen molar-refractivity contribution in [2.24, 2.45) is 5.41 Å². The van der Waals surface area contributed by atoms with E-state index in [1.165, 1.54) is 7.11 Å². The van der Waals surface area contributed by atoms with Crippen molar-refractivity contribution in [3.8, 4) is 5.75 Å². The summed E-state index contributed by atoms with van der Waals surface area (Å²) in [5, 5.41) is 0. The van der Waals surface area contributed by atoms with Gasteiger partial charge in [-0.25, -0.2) is 13.1 Å². The summed E-state index contributed by atoms with van der Waals surface area (Å²) in [4.78, 5) is 0.189. The molecule has 0 bridgehead atoms. The monoisotopic (exact) mass is 271 g/mol. The Balaban J connectivity index is 3.08. The van der Waals surface area contributed by atoms with Crippen molar-refractivity contribution in [1.29, 1.82) is 0 Å². The van der Waals surface area contributed by atoms with E-state index in [-0.39, 0.29) is 10.3 Å². The highest BCUT2D eigenvalue weighted by Crippen LogP contribution is 2.25. The fourth-order valence-corrected chi connectivity index (χ4v) is 2.92. The van der Waals surface area contributed by atoms with Crippen molar-refractivity contribution in [3.05, 3.63) is 23.8 Å². The molecule has 1 rings (SSSR count). The molecule has 0 saturated heterocycles. The summed E-state index contributed by atoms with van der Waals surface area (Å²) < 4.78 is 32.1. The van der Waals surface area contributed by atoms with Crippen LogP contribution in [0.2, 0.25) is 0 Å². The fraction of sp³-hybridized carbons (Fsp3) is 0.538. The zero-order valence-corrected chi connectivity index (χ0v) is 12.4. The van der Waals surface area contributed by atoms with Crippen molar-refractivity contribution in [2.45, 2.75) is 32.6 Å². The SMILES string of the molecule is COc1ccc(C)cc1S(=O)(=O)NCC(C)(C)C. The van der Waals surface area contributed by atoms with E-state index in [0.717, 1.165) is 5.56 Å². The summed E-state index contributed by atoms with van der Waals surface area (Å²) >= 11 is 0. The van der Waals surface area contributed by atoms with Gasteiger partial charge in [-0.3, -0.25) is 0 Å². The molecule has 0 fully saturated rings. The molecular weight excluding hydrogens is 250 g/mol. The van der Waals surface area contributed by atoms with Crippen molar-refractivity contribution >= 4 is 10.0 Å². The molecule has 0 amide bonds. The lowest BCUT2D eigenvalue weighted by Crippen LogP contribution is -2.32. The highest BCUT2D eigenvalue weighted by Gasteiger charge is 2.22. The summed E-state index contributed by atoms with van der Waals surface area (Å²) in [6, 6.07) is 5.10. The van der Waals surface area contributed by atoms with Crippen LogP contribution in [0.5, 0.6) is 5.75 Å². The molecular formula is C13H21NO3S. The van der Waals surface area contributed by atoms with Crippen molar-refractivity contribution in [2.75, 3.05) is 13.7 Å². The van der Waals surface area contributed by atoms with E-state index in [4.69, 9.17) is 4.74 Å². The third kappa shape index (κ3) is 3.99. The van der Waals surface area contributed by atoms with E-state index in [1.807, 2.05) is 33.8 Å². The van der Waals surface area contributed by atoms with Gasteiger partial charge in [0.1, 0.15) is 10.6 Å². The molecule has 0 unspecified atom stereocenters. The maximum Gasteiger partial charge on any atom is 0.244 e. The zero-order valence-electron chi connectivity index (χ0n) is 11.6. The number of nitrogens with one attached hydrogen (secondary N) is 1. The number of aryl methyl sites for hydroxylation is 1. The maximum absolute atomic E-state index is 12.2. The Morgan fingerprint density at radius 3 is 2.39 bits per heavy atom. The number of methoxy groups -OCH3 is 1. The first kappa shape index (κ1) is 15.0. The Hall–Kier alpha value is -1.07. The molecule has 0 spiro atoms. The first-order chi connectivity index (χ1) is 8.15. The Morgan fingerprint density at radius 1 is 1.28 bits per heavy atom. The molecule has 0 saturated carbocycles. The molecule has 5 heteroatoms. The maximum atomic E-state index is 12.2. The van der Waals surface area contributed by atoms with Crippen LogP contribution in [-0.4, -0.2) is 22.1 Å². The lowest BCUT2D eigenvalue weighted by molar-refractivity contribution is 0.396. The van der Waals surface area contributed by atoms with Crippen LogP contribution in [-0.2, 0) is 10.0 Å². The smallest absolute Gasteiger partial charge is 0.244 e. The largest absolute Gasteiger partial charge is 0.495 e. The topological polar surface area (TPSA) is 55.4 Å². The predicted octanol–water partition coefficient (Wildman–Crippen LogP) is 2.33. The van der Waals surface area contributed by atoms with Gasteiger partial charge >= 0.3 is 0 Å². The summed E-state index contributed by atoms with van der Waals surface area (Å²) in [5.41, 5.74) is 0.774. The Kier molecular flexibility index (Phi) is 4.40. The molecule has 0 heterocycles. The number of sulfonamides is 1. The third-order valence-corrected chi connectivity index (χ3v) is 3.82. The van der Waals surface area contributed by atoms with Crippen LogP contribution in [0.3, 0.4) is 0 Å². The predicted molar refractivity (Wildman–Crippen MR) is 72.4 cm³/mol. The minimum absolute atomic E-state index is 0.107. The molecule has 0 radical (unpaired) electrons. The van der Waals surface area contributed by atoms with E-state index in [1.54, 1.807) is 12.1 Å². The van der Waals surface area contributed by atoms with Gasteiger partial charge in [0.15, 0.2) is 0 Å². The van der Waals surface area contributed by atoms with Gasteiger partial charge in [-0.05, 0) is 30.0 Å². The van der Waals surface area contributed by atoms with Crippen LogP contribution in [0.1, 0.15) is 26.3 Å². The van der Waals surface area contributed by atoms with Gasteiger partial charge in [0, 0.05) is 6.54 Å². The number of hydrogen-bond donors (Lipinski definition) is 1. The van der Waals surface area contributed by atoms with Gasteiger partial charge in [0.05, 0.1) is 7.11 Å². The Morgan fingerprint density at radius 2 is 1.89 bits per heavy atom. The Labute approximate surface area is 109 Å². The van der Waals surface area contributed by atoms with Crippen molar-refractivity contribution < 1.29 is 13.2 Å². The number of hydrogen-bond acceptors (Lipinski definition) is 3. The summed E-state index contributed by atoms with van der Waals surface area (Å²) in [5.74, 6) is 0.363. The second-order valence-electron chi connectivity index (χ2n) is 5.54. The average molecular weight is 271 g/mol. The third-order valence-electron chi connectivity index (χ3n) is 2.40. The molecule has 1 aromatic carbocycles. The molecule has 0 aromatic heterocycles. The highest BCUT2D eigenvalue weighted by molar-refractivity contribution is 7.89. The second-order valence-corrected chi connectivity index (χ2v) is 7.27. The highest BCUT2D eigenvalue weighted by atomic mass is 32.2. The van der Waals surface area contributed by atoms with Crippen LogP contribution in [0.4, 0.5) is 0 Å². The van der Waals surface area contributed by atoms with Crippen molar-refractivity contribution in [1.82, 2.24) is 4.72 Å². The summed E-state index contributed by atoms with van der Waals surface area (Å²) in [7, 11) is -2.07. The van der Waals surface area contributed by atoms with Crippen LogP contribution in [0, 0.1) is 12.3 Å². The molecule has 1 N–H and O–H groups in total. The average Bonchev–Trinajstić information content (AvgIpc) is 2.26. The first-order valence-electron chi connectivity index (χ1n) is 5.80. The standard InChI is InChI=1S/C13H21NO3S/c1-10-6-7-11(17-5)12(8-10)18(15,16)14-9-13(2,3)4/h6-8,14H,9H2,1-5H3. The van der Waals surface area contributed by atoms with Gasteiger partial charge in [-0.2, -0.15) is 0 Å². The van der Waals surface area contributed by atoms with Crippen LogP contribution < -0.4 is 9.46 Å². The van der Waals surface area contributed by atoms with Crippen LogP contribution >= 0.6 is 0 Å². The van der Waals surface area contributed by atoms with Gasteiger partial charge in [-0.15, -0.1) is 0 Å². The van der Waals surface area contributed by atoms with E-state index in [0.29, 0.717) is 12.3 Å². The number of benzene rings is 1. The molecule has 4 nitrogen and oxygen atoms in total. The fourth-order valence-electron chi connectivity index (χ4n) is 1.38. The Bertz CT molecular complexity index is 516. The zero-order chi connectivity index (χ0) is 14.0. The van der Waals surface area contributed by atoms with E-state index < -0.39 is 10.0 Å². The minimum Gasteiger partial charge on any atom is -0.495 e. The summed E-state index contributed by atoms with van der Waals surface area (Å²) in [6.07, 6.45) is 0. The van der Waals surface area contributed by atoms with Gasteiger partial charge in [0.2, 0.25) is 10.0 Å². The molecule has 0 aliphatic heterocycles. The van der Waals surface area contributed by atoms with Gasteiger partial charge in [0.25, 0.3) is 0 Å². The normalized spacial score (nSPS) is 12.5. The number of rotatable bonds is 4. The van der Waals surface area contributed by atoms with E-state index in [2.05, 4.69) is 4.72 Å². The van der Waals surface area contributed by atoms with Gasteiger partial charge in [-0.1, -0.05) is 26.8 Å². The first-order valence-corrected chi connectivity index (χ1v) is 7.28. The molecule has 0 atom stereocenters. The quantitative estimate of drug-likeness (QED) is 0.914. The lowest BCUT2D eigenvalue weighted by Gasteiger charge is -2.19. The second kappa shape index (κ2) is 5.28. The van der Waals surface area contributed by atoms with Gasteiger partial charge < -0.3 is 4.74 Å². The van der Waals surface area contributed by atoms with Crippen LogP contribution in [0.25, 0.3) is 0 Å². The summed E-state index contributed by atoms with van der Waals surface area (Å²) in [6.45, 7) is 8.16. The molecule has 1 aromatic rings. The minimum atomic E-state index is -3.53. The molecule has 18 heavy (non-hydrogen) atoms. The van der Waals surface area contributed by atoms with E-state index in [9.17, 15) is 8.42 Å². The molecule has 102 valence electrons. The van der Waals surface area contributed by atoms with Crippen LogP contribution in [0.15, 0.2) is 23.1 Å². The van der Waals surface area contributed by atoms with E-state index >= 15 is 0 Å².